The van der Waals surface area contributed by atoms with Gasteiger partial charge in [0.05, 0.1) is 6.54 Å². The highest BCUT2D eigenvalue weighted by Gasteiger charge is 2.50. The average Bonchev–Trinajstić information content (AvgIpc) is 2.81. The van der Waals surface area contributed by atoms with E-state index in [9.17, 15) is 32.3 Å². The van der Waals surface area contributed by atoms with Gasteiger partial charge in [-0.05, 0) is 19.3 Å². The summed E-state index contributed by atoms with van der Waals surface area (Å²) in [6.45, 7) is 0.310. The first-order valence-corrected chi connectivity index (χ1v) is 6.62. The van der Waals surface area contributed by atoms with Gasteiger partial charge >= 0.3 is 24.3 Å². The second kappa shape index (κ2) is 6.48. The van der Waals surface area contributed by atoms with Crippen LogP contribution in [-0.2, 0) is 4.79 Å². The van der Waals surface area contributed by atoms with Crippen LogP contribution in [0.2, 0.25) is 0 Å². The Morgan fingerprint density at radius 3 is 2.52 bits per heavy atom. The summed E-state index contributed by atoms with van der Waals surface area (Å²) >= 11 is 0. The van der Waals surface area contributed by atoms with Crippen LogP contribution in [0.4, 0.5) is 22.4 Å². The average molecular weight is 314 g/mol. The number of rotatable bonds is 6. The molecule has 9 heteroatoms. The van der Waals surface area contributed by atoms with E-state index in [-0.39, 0.29) is 19.4 Å². The zero-order valence-electron chi connectivity index (χ0n) is 11.5. The Bertz CT molecular complexity index is 406. The summed E-state index contributed by atoms with van der Waals surface area (Å²) in [5.41, 5.74) is -1.45. The number of likely N-dealkylation sites (tertiary alicyclic amines) is 1. The molecule has 5 nitrogen and oxygen atoms in total. The Morgan fingerprint density at radius 2 is 2.05 bits per heavy atom. The van der Waals surface area contributed by atoms with Crippen molar-refractivity contribution in [3.8, 4) is 0 Å². The van der Waals surface area contributed by atoms with Crippen LogP contribution in [0.3, 0.4) is 0 Å². The van der Waals surface area contributed by atoms with Gasteiger partial charge < -0.3 is 15.3 Å². The number of aliphatic carboxylic acids is 1. The molecule has 21 heavy (non-hydrogen) atoms. The van der Waals surface area contributed by atoms with Crippen LogP contribution in [0, 0.1) is 0 Å². The van der Waals surface area contributed by atoms with E-state index in [1.54, 1.807) is 12.2 Å². The van der Waals surface area contributed by atoms with Crippen molar-refractivity contribution in [3.63, 3.8) is 0 Å². The van der Waals surface area contributed by atoms with E-state index < -0.39 is 36.4 Å². The summed E-state index contributed by atoms with van der Waals surface area (Å²) in [5.74, 6) is -5.55. The number of urea groups is 1. The minimum atomic E-state index is -4.34. The number of carbonyl (C=O) groups is 2. The first-order valence-electron chi connectivity index (χ1n) is 6.62. The summed E-state index contributed by atoms with van der Waals surface area (Å²) in [6.07, 6.45) is -2.58. The van der Waals surface area contributed by atoms with E-state index in [1.165, 1.54) is 0 Å². The Kier molecular flexibility index (Phi) is 5.41. The predicted octanol–water partition coefficient (Wildman–Crippen LogP) is 2.32. The van der Waals surface area contributed by atoms with E-state index in [4.69, 9.17) is 0 Å². The second-order valence-corrected chi connectivity index (χ2v) is 5.06. The minimum Gasteiger partial charge on any atom is -0.479 e. The molecule has 2 N–H and O–H groups in total. The lowest BCUT2D eigenvalue weighted by Crippen LogP contribution is -2.57. The standard InChI is InChI=1S/C12H18F4N2O3/c1-2-4-11(9(19)20)5-3-6-18(11)10(21)17-7-12(15,16)8(13)14/h8H,2-7H2,1H3,(H,17,21)(H,19,20). The molecule has 1 heterocycles. The first kappa shape index (κ1) is 17.5. The molecule has 2 amide bonds. The van der Waals surface area contributed by atoms with Gasteiger partial charge in [-0.2, -0.15) is 8.78 Å². The van der Waals surface area contributed by atoms with E-state index in [0.29, 0.717) is 12.8 Å². The molecule has 1 atom stereocenters. The molecule has 0 aliphatic carbocycles. The van der Waals surface area contributed by atoms with Crippen molar-refractivity contribution in [1.29, 1.82) is 0 Å². The molecule has 0 aromatic heterocycles. The molecule has 1 aliphatic heterocycles. The van der Waals surface area contributed by atoms with Crippen molar-refractivity contribution in [2.45, 2.75) is 50.5 Å². The number of alkyl halides is 4. The monoisotopic (exact) mass is 314 g/mol. The third kappa shape index (κ3) is 3.56. The fourth-order valence-electron chi connectivity index (χ4n) is 2.54. The lowest BCUT2D eigenvalue weighted by atomic mass is 9.91. The highest BCUT2D eigenvalue weighted by molar-refractivity contribution is 5.87. The fourth-order valence-corrected chi connectivity index (χ4v) is 2.54. The normalized spacial score (nSPS) is 22.7. The van der Waals surface area contributed by atoms with E-state index >= 15 is 0 Å². The van der Waals surface area contributed by atoms with Gasteiger partial charge in [-0.3, -0.25) is 0 Å². The van der Waals surface area contributed by atoms with Crippen molar-refractivity contribution in [3.05, 3.63) is 0 Å². The molecule has 1 fully saturated rings. The van der Waals surface area contributed by atoms with Gasteiger partial charge in [-0.15, -0.1) is 0 Å². The molecule has 1 unspecified atom stereocenters. The van der Waals surface area contributed by atoms with Crippen molar-refractivity contribution < 1.29 is 32.3 Å². The molecule has 1 aliphatic rings. The first-order chi connectivity index (χ1) is 9.67. The maximum Gasteiger partial charge on any atom is 0.329 e. The smallest absolute Gasteiger partial charge is 0.329 e. The topological polar surface area (TPSA) is 69.6 Å². The van der Waals surface area contributed by atoms with Gasteiger partial charge in [0.15, 0.2) is 0 Å². The summed E-state index contributed by atoms with van der Waals surface area (Å²) in [7, 11) is 0. The van der Waals surface area contributed by atoms with Crippen LogP contribution in [0.1, 0.15) is 32.6 Å². The number of halogens is 4. The van der Waals surface area contributed by atoms with Crippen LogP contribution in [0.15, 0.2) is 0 Å². The Hall–Kier alpha value is -1.54. The van der Waals surface area contributed by atoms with Gasteiger partial charge in [-0.1, -0.05) is 13.3 Å². The lowest BCUT2D eigenvalue weighted by Gasteiger charge is -2.34. The molecule has 1 saturated heterocycles. The zero-order chi connectivity index (χ0) is 16.3. The van der Waals surface area contributed by atoms with Gasteiger partial charge in [0, 0.05) is 6.54 Å². The molecule has 0 aromatic carbocycles. The molecule has 0 bridgehead atoms. The highest BCUT2D eigenvalue weighted by Crippen LogP contribution is 2.34. The minimum absolute atomic E-state index is 0.0956. The highest BCUT2D eigenvalue weighted by atomic mass is 19.3. The summed E-state index contributed by atoms with van der Waals surface area (Å²) in [5, 5.41) is 11.0. The van der Waals surface area contributed by atoms with Gasteiger partial charge in [-0.25, -0.2) is 18.4 Å². The van der Waals surface area contributed by atoms with Crippen molar-refractivity contribution in [1.82, 2.24) is 10.2 Å². The Morgan fingerprint density at radius 1 is 1.43 bits per heavy atom. The predicted molar refractivity (Wildman–Crippen MR) is 65.6 cm³/mol. The maximum atomic E-state index is 12.8. The van der Waals surface area contributed by atoms with Gasteiger partial charge in [0.25, 0.3) is 0 Å². The second-order valence-electron chi connectivity index (χ2n) is 5.06. The number of carboxylic acid groups (broad SMARTS) is 1. The molecule has 0 saturated carbocycles. The third-order valence-corrected chi connectivity index (χ3v) is 3.59. The number of hydrogen-bond acceptors (Lipinski definition) is 2. The number of carbonyl (C=O) groups excluding carboxylic acids is 1. The fraction of sp³-hybridized carbons (Fsp3) is 0.833. The van der Waals surface area contributed by atoms with Crippen LogP contribution in [-0.4, -0.2) is 53.0 Å². The van der Waals surface area contributed by atoms with Crippen LogP contribution < -0.4 is 5.32 Å². The Balaban J connectivity index is 2.78. The number of nitrogens with one attached hydrogen (secondary N) is 1. The molecule has 0 radical (unpaired) electrons. The van der Waals surface area contributed by atoms with Crippen LogP contribution in [0.5, 0.6) is 0 Å². The largest absolute Gasteiger partial charge is 0.479 e. The summed E-state index contributed by atoms with van der Waals surface area (Å²) < 4.78 is 49.7. The molecule has 0 aromatic rings. The van der Waals surface area contributed by atoms with Crippen molar-refractivity contribution >= 4 is 12.0 Å². The van der Waals surface area contributed by atoms with Crippen molar-refractivity contribution in [2.24, 2.45) is 0 Å². The molecular formula is C12H18F4N2O3. The van der Waals surface area contributed by atoms with Crippen LogP contribution in [0.25, 0.3) is 0 Å². The van der Waals surface area contributed by atoms with Gasteiger partial charge in [0.1, 0.15) is 5.54 Å². The lowest BCUT2D eigenvalue weighted by molar-refractivity contribution is -0.148. The number of nitrogens with zero attached hydrogens (tertiary/aromatic N) is 1. The SMILES string of the molecule is CCCC1(C(=O)O)CCCN1C(=O)NCC(F)(F)C(F)F. The molecule has 1 rings (SSSR count). The van der Waals surface area contributed by atoms with E-state index in [2.05, 4.69) is 0 Å². The molecule has 0 spiro atoms. The third-order valence-electron chi connectivity index (χ3n) is 3.59. The quantitative estimate of drug-likeness (QED) is 0.739. The summed E-state index contributed by atoms with van der Waals surface area (Å²) in [4.78, 5) is 24.3. The van der Waals surface area contributed by atoms with E-state index in [0.717, 1.165) is 4.90 Å². The maximum absolute atomic E-state index is 12.8. The number of amides is 2. The number of hydrogen-bond donors (Lipinski definition) is 2. The Labute approximate surface area is 119 Å². The molecular weight excluding hydrogens is 296 g/mol. The number of carboxylic acids is 1. The van der Waals surface area contributed by atoms with Crippen LogP contribution >= 0.6 is 0 Å². The molecule has 122 valence electrons. The van der Waals surface area contributed by atoms with E-state index in [1.807, 2.05) is 0 Å². The zero-order valence-corrected chi connectivity index (χ0v) is 11.5. The van der Waals surface area contributed by atoms with Gasteiger partial charge in [0.2, 0.25) is 0 Å². The summed E-state index contributed by atoms with van der Waals surface area (Å²) in [6, 6.07) is -1.05. The van der Waals surface area contributed by atoms with Crippen molar-refractivity contribution in [2.75, 3.05) is 13.1 Å².